The number of carbonyl (C=O) groups is 2. The van der Waals surface area contributed by atoms with E-state index in [0.29, 0.717) is 5.69 Å². The van der Waals surface area contributed by atoms with Crippen molar-refractivity contribution in [3.63, 3.8) is 0 Å². The number of aryl methyl sites for hydroxylation is 1. The lowest BCUT2D eigenvalue weighted by molar-refractivity contribution is 0.0935. The highest BCUT2D eigenvalue weighted by Gasteiger charge is 2.24. The Bertz CT molecular complexity index is 1810. The smallest absolute Gasteiger partial charge is 0.276 e. The standard InChI is InChI=1S/C31H37N7O5S/c1-18-13-14-21(29(39)34-23-16-22(31(3,4)5)17-24(27(23)43-6)36-44(7,41)42)15-25(18)38-28(32)26(35-37-38)30(40)33-19(2)20-11-9-8-10-12-20/h8-17,19,36H,32H2,1-7H3,(H,33,40)(H,34,39)/t19-/m1/s1. The second-order valence-corrected chi connectivity index (χ2v) is 13.3. The van der Waals surface area contributed by atoms with Crippen molar-refractivity contribution in [3.05, 3.63) is 88.6 Å². The molecule has 0 saturated heterocycles. The predicted molar refractivity (Wildman–Crippen MR) is 171 cm³/mol. The van der Waals surface area contributed by atoms with E-state index in [0.717, 1.165) is 22.9 Å². The number of hydrogen-bond donors (Lipinski definition) is 4. The molecule has 5 N–H and O–H groups in total. The first-order chi connectivity index (χ1) is 20.6. The normalized spacial score (nSPS) is 12.3. The number of ether oxygens (including phenoxy) is 1. The Balaban J connectivity index is 1.65. The number of sulfonamides is 1. The van der Waals surface area contributed by atoms with Crippen LogP contribution in [-0.2, 0) is 15.4 Å². The number of nitrogen functional groups attached to an aromatic ring is 1. The van der Waals surface area contributed by atoms with Crippen LogP contribution < -0.4 is 25.8 Å². The Hall–Kier alpha value is -4.91. The summed E-state index contributed by atoms with van der Waals surface area (Å²) in [6, 6.07) is 17.6. The molecule has 13 heteroatoms. The second-order valence-electron chi connectivity index (χ2n) is 11.5. The average molecular weight is 620 g/mol. The first kappa shape index (κ1) is 32.0. The van der Waals surface area contributed by atoms with Crippen LogP contribution in [-0.4, -0.2) is 48.6 Å². The predicted octanol–water partition coefficient (Wildman–Crippen LogP) is 4.58. The lowest BCUT2D eigenvalue weighted by Gasteiger charge is -2.24. The van der Waals surface area contributed by atoms with Crippen LogP contribution in [0.1, 0.15) is 71.3 Å². The lowest BCUT2D eigenvalue weighted by atomic mass is 9.86. The highest BCUT2D eigenvalue weighted by Crippen LogP contribution is 2.39. The summed E-state index contributed by atoms with van der Waals surface area (Å²) >= 11 is 0. The van der Waals surface area contributed by atoms with Gasteiger partial charge in [0.05, 0.1) is 36.5 Å². The molecule has 1 atom stereocenters. The van der Waals surface area contributed by atoms with E-state index < -0.39 is 21.8 Å². The van der Waals surface area contributed by atoms with Gasteiger partial charge in [0.25, 0.3) is 11.8 Å². The molecule has 3 aromatic carbocycles. The van der Waals surface area contributed by atoms with Crippen molar-refractivity contribution in [2.45, 2.75) is 46.1 Å². The second kappa shape index (κ2) is 12.4. The Morgan fingerprint density at radius 1 is 1.00 bits per heavy atom. The molecule has 0 aliphatic rings. The summed E-state index contributed by atoms with van der Waals surface area (Å²) in [5.74, 6) is -0.806. The minimum atomic E-state index is -3.64. The van der Waals surface area contributed by atoms with Gasteiger partial charge in [-0.15, -0.1) is 5.10 Å². The van der Waals surface area contributed by atoms with E-state index in [1.54, 1.807) is 30.3 Å². The van der Waals surface area contributed by atoms with Crippen molar-refractivity contribution in [2.75, 3.05) is 29.1 Å². The molecule has 0 spiro atoms. The maximum absolute atomic E-state index is 13.5. The van der Waals surface area contributed by atoms with Crippen LogP contribution in [0.3, 0.4) is 0 Å². The van der Waals surface area contributed by atoms with E-state index in [2.05, 4.69) is 25.7 Å². The largest absolute Gasteiger partial charge is 0.492 e. The quantitative estimate of drug-likeness (QED) is 0.211. The first-order valence-electron chi connectivity index (χ1n) is 13.8. The van der Waals surface area contributed by atoms with Crippen LogP contribution in [0.15, 0.2) is 60.7 Å². The Kier molecular flexibility index (Phi) is 9.00. The third kappa shape index (κ3) is 7.17. The first-order valence-corrected chi connectivity index (χ1v) is 15.7. The van der Waals surface area contributed by atoms with Crippen LogP contribution in [0.25, 0.3) is 5.69 Å². The zero-order valence-corrected chi connectivity index (χ0v) is 26.5. The van der Waals surface area contributed by atoms with Crippen LogP contribution in [0.5, 0.6) is 5.75 Å². The molecule has 0 bridgehead atoms. The fraction of sp³-hybridized carbons (Fsp3) is 0.290. The van der Waals surface area contributed by atoms with Crippen LogP contribution in [0.2, 0.25) is 0 Å². The molecule has 1 heterocycles. The number of carbonyl (C=O) groups excluding carboxylic acids is 2. The number of nitrogens with one attached hydrogen (secondary N) is 3. The van der Waals surface area contributed by atoms with Gasteiger partial charge in [-0.25, -0.2) is 8.42 Å². The molecule has 0 aliphatic heterocycles. The lowest BCUT2D eigenvalue weighted by Crippen LogP contribution is -2.27. The van der Waals surface area contributed by atoms with Crippen molar-refractivity contribution < 1.29 is 22.7 Å². The van der Waals surface area contributed by atoms with Gasteiger partial charge in [-0.2, -0.15) is 4.68 Å². The van der Waals surface area contributed by atoms with Crippen molar-refractivity contribution in [1.29, 1.82) is 0 Å². The van der Waals surface area contributed by atoms with E-state index in [4.69, 9.17) is 10.5 Å². The highest BCUT2D eigenvalue weighted by atomic mass is 32.2. The zero-order valence-electron chi connectivity index (χ0n) is 25.7. The van der Waals surface area contributed by atoms with Gasteiger partial charge in [0.2, 0.25) is 10.0 Å². The molecule has 4 aromatic rings. The summed E-state index contributed by atoms with van der Waals surface area (Å²) < 4.78 is 33.4. The summed E-state index contributed by atoms with van der Waals surface area (Å²) in [7, 11) is -2.25. The maximum Gasteiger partial charge on any atom is 0.276 e. The number of nitrogens with zero attached hydrogens (tertiary/aromatic N) is 3. The van der Waals surface area contributed by atoms with E-state index in [9.17, 15) is 18.0 Å². The van der Waals surface area contributed by atoms with Crippen molar-refractivity contribution in [2.24, 2.45) is 0 Å². The number of aromatic nitrogens is 3. The third-order valence-corrected chi connectivity index (χ3v) is 7.56. The minimum absolute atomic E-state index is 0.0134. The number of nitrogens with two attached hydrogens (primary N) is 1. The van der Waals surface area contributed by atoms with Gasteiger partial charge in [0.1, 0.15) is 0 Å². The van der Waals surface area contributed by atoms with Gasteiger partial charge in [-0.05, 0) is 60.2 Å². The van der Waals surface area contributed by atoms with E-state index in [1.807, 2.05) is 65.0 Å². The molecule has 0 radical (unpaired) electrons. The molecule has 1 aromatic heterocycles. The Morgan fingerprint density at radius 3 is 2.27 bits per heavy atom. The summed E-state index contributed by atoms with van der Waals surface area (Å²) in [5, 5.41) is 13.9. The third-order valence-electron chi connectivity index (χ3n) is 6.97. The van der Waals surface area contributed by atoms with Gasteiger partial charge in [-0.1, -0.05) is 62.4 Å². The number of hydrogen-bond acceptors (Lipinski definition) is 8. The molecule has 4 rings (SSSR count). The fourth-order valence-electron chi connectivity index (χ4n) is 4.54. The van der Waals surface area contributed by atoms with E-state index in [1.165, 1.54) is 11.8 Å². The topological polar surface area (TPSA) is 170 Å². The van der Waals surface area contributed by atoms with Crippen molar-refractivity contribution >= 4 is 39.0 Å². The van der Waals surface area contributed by atoms with Crippen LogP contribution in [0, 0.1) is 6.92 Å². The van der Waals surface area contributed by atoms with Crippen LogP contribution in [0.4, 0.5) is 17.2 Å². The van der Waals surface area contributed by atoms with Gasteiger partial charge in [0.15, 0.2) is 17.3 Å². The highest BCUT2D eigenvalue weighted by molar-refractivity contribution is 7.92. The fourth-order valence-corrected chi connectivity index (χ4v) is 5.09. The molecule has 44 heavy (non-hydrogen) atoms. The molecule has 0 saturated carbocycles. The summed E-state index contributed by atoms with van der Waals surface area (Å²) in [6.07, 6.45) is 1.04. The molecular formula is C31H37N7O5S. The van der Waals surface area contributed by atoms with Gasteiger partial charge in [-0.3, -0.25) is 14.3 Å². The summed E-state index contributed by atoms with van der Waals surface area (Å²) in [4.78, 5) is 26.5. The molecule has 0 aliphatic carbocycles. The number of methoxy groups -OCH3 is 1. The summed E-state index contributed by atoms with van der Waals surface area (Å²) in [6.45, 7) is 9.57. The monoisotopic (exact) mass is 619 g/mol. The average Bonchev–Trinajstić information content (AvgIpc) is 3.33. The summed E-state index contributed by atoms with van der Waals surface area (Å²) in [5.41, 5.74) is 9.53. The molecule has 2 amide bonds. The van der Waals surface area contributed by atoms with E-state index >= 15 is 0 Å². The minimum Gasteiger partial charge on any atom is -0.492 e. The Labute approximate surface area is 257 Å². The number of rotatable bonds is 9. The SMILES string of the molecule is COc1c(NC(=O)c2ccc(C)c(-n3nnc(C(=O)N[C@H](C)c4ccccc4)c3N)c2)cc(C(C)(C)C)cc1NS(C)(=O)=O. The number of benzene rings is 3. The van der Waals surface area contributed by atoms with Crippen LogP contribution >= 0.6 is 0 Å². The maximum atomic E-state index is 13.5. The van der Waals surface area contributed by atoms with Crippen molar-refractivity contribution in [1.82, 2.24) is 20.3 Å². The number of amides is 2. The molecule has 12 nitrogen and oxygen atoms in total. The molecule has 0 fully saturated rings. The van der Waals surface area contributed by atoms with Gasteiger partial charge in [0, 0.05) is 5.56 Å². The van der Waals surface area contributed by atoms with Gasteiger partial charge < -0.3 is 21.1 Å². The van der Waals surface area contributed by atoms with Gasteiger partial charge >= 0.3 is 0 Å². The molecular weight excluding hydrogens is 582 g/mol. The molecule has 0 unspecified atom stereocenters. The van der Waals surface area contributed by atoms with E-state index in [-0.39, 0.29) is 45.7 Å². The Morgan fingerprint density at radius 2 is 1.66 bits per heavy atom. The molecule has 232 valence electrons. The number of anilines is 3. The van der Waals surface area contributed by atoms with Crippen molar-refractivity contribution in [3.8, 4) is 11.4 Å². The zero-order chi connectivity index (χ0) is 32.4.